The third-order valence-electron chi connectivity index (χ3n) is 4.79. The van der Waals surface area contributed by atoms with Gasteiger partial charge in [-0.2, -0.15) is 0 Å². The van der Waals surface area contributed by atoms with Gasteiger partial charge in [0.05, 0.1) is 12.6 Å². The smallest absolute Gasteiger partial charge is 0.319 e. The Kier molecular flexibility index (Phi) is 4.92. The molecule has 3 rings (SSSR count). The molecule has 2 aliphatic heterocycles. The largest absolute Gasteiger partial charge is 0.493 e. The summed E-state index contributed by atoms with van der Waals surface area (Å²) in [5.74, 6) is 0.931. The zero-order valence-corrected chi connectivity index (χ0v) is 14.3. The summed E-state index contributed by atoms with van der Waals surface area (Å²) in [6.07, 6.45) is 2.23. The van der Waals surface area contributed by atoms with Crippen LogP contribution in [0.15, 0.2) is 24.3 Å². The number of para-hydroxylation sites is 1. The van der Waals surface area contributed by atoms with E-state index >= 15 is 0 Å². The number of hydrogen-bond acceptors (Lipinski definition) is 3. The van der Waals surface area contributed by atoms with E-state index in [0.717, 1.165) is 30.6 Å². The summed E-state index contributed by atoms with van der Waals surface area (Å²) in [7, 11) is 3.51. The van der Waals surface area contributed by atoms with Crippen LogP contribution in [0.3, 0.4) is 0 Å². The third-order valence-corrected chi connectivity index (χ3v) is 4.79. The van der Waals surface area contributed by atoms with Crippen LogP contribution in [-0.2, 0) is 4.79 Å². The molecule has 130 valence electrons. The average Bonchev–Trinajstić information content (AvgIpc) is 2.61. The van der Waals surface area contributed by atoms with Crippen molar-refractivity contribution in [3.63, 3.8) is 0 Å². The second-order valence-corrected chi connectivity index (χ2v) is 6.67. The van der Waals surface area contributed by atoms with Crippen LogP contribution >= 0.6 is 0 Å². The molecule has 6 nitrogen and oxygen atoms in total. The maximum Gasteiger partial charge on any atom is 0.319 e. The molecule has 2 heterocycles. The number of benzene rings is 1. The fourth-order valence-electron chi connectivity index (χ4n) is 3.40. The summed E-state index contributed by atoms with van der Waals surface area (Å²) < 4.78 is 5.64. The number of nitrogens with one attached hydrogen (secondary N) is 1. The minimum Gasteiger partial charge on any atom is -0.493 e. The monoisotopic (exact) mass is 331 g/mol. The van der Waals surface area contributed by atoms with Crippen molar-refractivity contribution < 1.29 is 14.3 Å². The van der Waals surface area contributed by atoms with Gasteiger partial charge in [0.2, 0.25) is 5.91 Å². The highest BCUT2D eigenvalue weighted by Gasteiger charge is 2.30. The average molecular weight is 331 g/mol. The summed E-state index contributed by atoms with van der Waals surface area (Å²) in [5, 5.41) is 3.18. The van der Waals surface area contributed by atoms with Crippen LogP contribution in [0.4, 0.5) is 4.79 Å². The first-order chi connectivity index (χ1) is 11.6. The Balaban J connectivity index is 1.57. The van der Waals surface area contributed by atoms with Crippen molar-refractivity contribution in [2.45, 2.75) is 25.3 Å². The Morgan fingerprint density at radius 1 is 1.17 bits per heavy atom. The van der Waals surface area contributed by atoms with E-state index in [9.17, 15) is 9.59 Å². The quantitative estimate of drug-likeness (QED) is 0.902. The molecule has 1 aromatic rings. The van der Waals surface area contributed by atoms with E-state index in [0.29, 0.717) is 19.7 Å². The summed E-state index contributed by atoms with van der Waals surface area (Å²) in [5.41, 5.74) is 1.05. The Bertz CT molecular complexity index is 609. The zero-order chi connectivity index (χ0) is 17.1. The number of likely N-dealkylation sites (tertiary alicyclic amines) is 1. The lowest BCUT2D eigenvalue weighted by Crippen LogP contribution is -2.47. The van der Waals surface area contributed by atoms with Gasteiger partial charge in [-0.25, -0.2) is 4.79 Å². The van der Waals surface area contributed by atoms with E-state index in [1.54, 1.807) is 19.0 Å². The molecular formula is C18H25N3O3. The number of amides is 3. The van der Waals surface area contributed by atoms with E-state index in [4.69, 9.17) is 4.74 Å². The Morgan fingerprint density at radius 3 is 2.58 bits per heavy atom. The van der Waals surface area contributed by atoms with E-state index in [2.05, 4.69) is 5.32 Å². The van der Waals surface area contributed by atoms with E-state index in [-0.39, 0.29) is 23.9 Å². The van der Waals surface area contributed by atoms with Gasteiger partial charge in [0, 0.05) is 45.1 Å². The predicted molar refractivity (Wildman–Crippen MR) is 90.8 cm³/mol. The van der Waals surface area contributed by atoms with Crippen molar-refractivity contribution in [2.75, 3.05) is 33.8 Å². The topological polar surface area (TPSA) is 61.9 Å². The van der Waals surface area contributed by atoms with Crippen LogP contribution < -0.4 is 10.1 Å². The zero-order valence-electron chi connectivity index (χ0n) is 14.3. The first kappa shape index (κ1) is 16.6. The molecule has 24 heavy (non-hydrogen) atoms. The fraction of sp³-hybridized carbons (Fsp3) is 0.556. The first-order valence-corrected chi connectivity index (χ1v) is 8.54. The lowest BCUT2D eigenvalue weighted by Gasteiger charge is -2.34. The SMILES string of the molecule is CN(C)C(=O)N1CCC(C(=O)NC2CCOc3ccccc32)CC1. The molecule has 6 heteroatoms. The molecule has 1 fully saturated rings. The highest BCUT2D eigenvalue weighted by molar-refractivity contribution is 5.80. The Labute approximate surface area is 142 Å². The second kappa shape index (κ2) is 7.11. The van der Waals surface area contributed by atoms with Crippen LogP contribution in [-0.4, -0.2) is 55.5 Å². The maximum atomic E-state index is 12.6. The summed E-state index contributed by atoms with van der Waals surface area (Å²) in [6, 6.07) is 7.91. The van der Waals surface area contributed by atoms with Crippen LogP contribution in [0.25, 0.3) is 0 Å². The van der Waals surface area contributed by atoms with Crippen molar-refractivity contribution in [2.24, 2.45) is 5.92 Å². The van der Waals surface area contributed by atoms with Crippen LogP contribution in [0.2, 0.25) is 0 Å². The van der Waals surface area contributed by atoms with Crippen molar-refractivity contribution in [1.82, 2.24) is 15.1 Å². The van der Waals surface area contributed by atoms with Gasteiger partial charge < -0.3 is 19.9 Å². The van der Waals surface area contributed by atoms with Crippen molar-refractivity contribution >= 4 is 11.9 Å². The molecule has 0 aliphatic carbocycles. The number of fused-ring (bicyclic) bond motifs is 1. The third kappa shape index (κ3) is 3.47. The van der Waals surface area contributed by atoms with Gasteiger partial charge in [0.15, 0.2) is 0 Å². The van der Waals surface area contributed by atoms with E-state index in [1.165, 1.54) is 0 Å². The predicted octanol–water partition coefficient (Wildman–Crippen LogP) is 2.02. The number of nitrogens with zero attached hydrogens (tertiary/aromatic N) is 2. The minimum absolute atomic E-state index is 0.0175. The molecule has 1 saturated heterocycles. The van der Waals surface area contributed by atoms with Gasteiger partial charge in [-0.15, -0.1) is 0 Å². The van der Waals surface area contributed by atoms with Crippen LogP contribution in [0, 0.1) is 5.92 Å². The van der Waals surface area contributed by atoms with Gasteiger partial charge in [-0.1, -0.05) is 18.2 Å². The lowest BCUT2D eigenvalue weighted by molar-refractivity contribution is -0.127. The standard InChI is InChI=1S/C18H25N3O3/c1-20(2)18(23)21-10-7-13(8-11-21)17(22)19-15-9-12-24-16-6-4-3-5-14(15)16/h3-6,13,15H,7-12H2,1-2H3,(H,19,22). The Morgan fingerprint density at radius 2 is 1.88 bits per heavy atom. The molecule has 2 aliphatic rings. The molecule has 0 spiro atoms. The van der Waals surface area contributed by atoms with E-state index < -0.39 is 0 Å². The van der Waals surface area contributed by atoms with Gasteiger partial charge in [0.1, 0.15) is 5.75 Å². The normalized spacial score (nSPS) is 20.8. The van der Waals surface area contributed by atoms with Crippen molar-refractivity contribution in [3.8, 4) is 5.75 Å². The summed E-state index contributed by atoms with van der Waals surface area (Å²) in [6.45, 7) is 1.90. The summed E-state index contributed by atoms with van der Waals surface area (Å²) in [4.78, 5) is 28.0. The molecule has 0 radical (unpaired) electrons. The minimum atomic E-state index is -0.0220. The fourth-order valence-corrected chi connectivity index (χ4v) is 3.40. The second-order valence-electron chi connectivity index (χ2n) is 6.67. The number of hydrogen-bond donors (Lipinski definition) is 1. The van der Waals surface area contributed by atoms with E-state index in [1.807, 2.05) is 29.2 Å². The molecule has 0 bridgehead atoms. The number of urea groups is 1. The van der Waals surface area contributed by atoms with Crippen molar-refractivity contribution in [3.05, 3.63) is 29.8 Å². The molecule has 3 amide bonds. The van der Waals surface area contributed by atoms with Gasteiger partial charge in [-0.3, -0.25) is 4.79 Å². The molecule has 1 unspecified atom stereocenters. The highest BCUT2D eigenvalue weighted by atomic mass is 16.5. The number of piperidine rings is 1. The van der Waals surface area contributed by atoms with Crippen molar-refractivity contribution in [1.29, 1.82) is 0 Å². The molecule has 1 N–H and O–H groups in total. The molecule has 1 aromatic carbocycles. The van der Waals surface area contributed by atoms with Crippen LogP contribution in [0.5, 0.6) is 5.75 Å². The highest BCUT2D eigenvalue weighted by Crippen LogP contribution is 2.32. The van der Waals surface area contributed by atoms with Gasteiger partial charge in [-0.05, 0) is 18.9 Å². The number of rotatable bonds is 2. The molecule has 1 atom stereocenters. The van der Waals surface area contributed by atoms with Crippen LogP contribution in [0.1, 0.15) is 30.9 Å². The first-order valence-electron chi connectivity index (χ1n) is 8.54. The molecular weight excluding hydrogens is 306 g/mol. The van der Waals surface area contributed by atoms with Gasteiger partial charge >= 0.3 is 6.03 Å². The van der Waals surface area contributed by atoms with Gasteiger partial charge in [0.25, 0.3) is 0 Å². The maximum absolute atomic E-state index is 12.6. The Hall–Kier alpha value is -2.24. The summed E-state index contributed by atoms with van der Waals surface area (Å²) >= 11 is 0. The number of carbonyl (C=O) groups excluding carboxylic acids is 2. The lowest BCUT2D eigenvalue weighted by atomic mass is 9.94. The molecule has 0 aromatic heterocycles. The number of carbonyl (C=O) groups is 2. The molecule has 0 saturated carbocycles. The number of ether oxygens (including phenoxy) is 1.